The van der Waals surface area contributed by atoms with Crippen molar-refractivity contribution in [2.75, 3.05) is 39.4 Å². The van der Waals surface area contributed by atoms with Crippen LogP contribution in [0.5, 0.6) is 11.5 Å². The number of nitrogens with zero attached hydrogens (tertiary/aromatic N) is 1. The number of hydrogen-bond acceptors (Lipinski definition) is 6. The van der Waals surface area contributed by atoms with Gasteiger partial charge in [-0.3, -0.25) is 9.69 Å². The van der Waals surface area contributed by atoms with Crippen LogP contribution in [-0.4, -0.2) is 67.9 Å². The van der Waals surface area contributed by atoms with Crippen LogP contribution in [0.2, 0.25) is 0 Å². The summed E-state index contributed by atoms with van der Waals surface area (Å²) in [4.78, 5) is 26.4. The van der Waals surface area contributed by atoms with Crippen LogP contribution >= 0.6 is 0 Å². The summed E-state index contributed by atoms with van der Waals surface area (Å²) in [5.74, 6) is 1.50. The summed E-state index contributed by atoms with van der Waals surface area (Å²) in [7, 11) is 0. The molecule has 0 unspecified atom stereocenters. The second kappa shape index (κ2) is 12.4. The topological polar surface area (TPSA) is 89.1 Å². The molecule has 2 amide bonds. The molecule has 2 N–H and O–H groups in total. The lowest BCUT2D eigenvalue weighted by molar-refractivity contribution is -0.123. The third kappa shape index (κ3) is 9.91. The van der Waals surface area contributed by atoms with Gasteiger partial charge in [-0.1, -0.05) is 6.42 Å². The number of piperidine rings is 1. The Balaban J connectivity index is 1.68. The number of carbonyl (C=O) groups excluding carboxylic acids is 2. The minimum absolute atomic E-state index is 0.0422. The van der Waals surface area contributed by atoms with Crippen molar-refractivity contribution in [3.05, 3.63) is 24.3 Å². The quantitative estimate of drug-likeness (QED) is 0.550. The maximum atomic E-state index is 12.4. The van der Waals surface area contributed by atoms with Crippen LogP contribution in [0.4, 0.5) is 4.79 Å². The van der Waals surface area contributed by atoms with E-state index in [1.54, 1.807) is 0 Å². The average molecular weight is 436 g/mol. The molecule has 174 valence electrons. The summed E-state index contributed by atoms with van der Waals surface area (Å²) in [5, 5.41) is 5.74. The maximum absolute atomic E-state index is 12.4. The smallest absolute Gasteiger partial charge is 0.407 e. The summed E-state index contributed by atoms with van der Waals surface area (Å²) < 4.78 is 16.4. The summed E-state index contributed by atoms with van der Waals surface area (Å²) in [6.07, 6.45) is 2.67. The van der Waals surface area contributed by atoms with Crippen molar-refractivity contribution in [1.29, 1.82) is 0 Å². The van der Waals surface area contributed by atoms with Gasteiger partial charge in [-0.2, -0.15) is 0 Å². The molecule has 1 atom stereocenters. The van der Waals surface area contributed by atoms with E-state index in [4.69, 9.17) is 14.2 Å². The van der Waals surface area contributed by atoms with Crippen molar-refractivity contribution >= 4 is 12.0 Å². The van der Waals surface area contributed by atoms with E-state index in [1.807, 2.05) is 52.0 Å². The molecule has 1 saturated heterocycles. The van der Waals surface area contributed by atoms with Crippen molar-refractivity contribution < 1.29 is 23.8 Å². The van der Waals surface area contributed by atoms with Gasteiger partial charge in [0, 0.05) is 12.6 Å². The largest absolute Gasteiger partial charge is 0.494 e. The highest BCUT2D eigenvalue weighted by molar-refractivity contribution is 5.78. The Morgan fingerprint density at radius 1 is 1.06 bits per heavy atom. The molecule has 1 aliphatic heterocycles. The first-order valence-corrected chi connectivity index (χ1v) is 11.1. The number of hydrogen-bond donors (Lipinski definition) is 2. The fourth-order valence-corrected chi connectivity index (χ4v) is 3.41. The van der Waals surface area contributed by atoms with Gasteiger partial charge in [0.1, 0.15) is 23.7 Å². The highest BCUT2D eigenvalue weighted by Gasteiger charge is 2.25. The lowest BCUT2D eigenvalue weighted by Gasteiger charge is -2.35. The molecular formula is C23H37N3O5. The molecule has 1 fully saturated rings. The molecule has 1 aliphatic rings. The van der Waals surface area contributed by atoms with Gasteiger partial charge in [-0.05, 0) is 71.3 Å². The Labute approximate surface area is 185 Å². The molecule has 1 aromatic carbocycles. The van der Waals surface area contributed by atoms with Gasteiger partial charge in [0.15, 0.2) is 0 Å². The summed E-state index contributed by atoms with van der Waals surface area (Å²) in [6, 6.07) is 7.55. The second-order valence-corrected chi connectivity index (χ2v) is 8.61. The van der Waals surface area contributed by atoms with Crippen molar-refractivity contribution in [3.8, 4) is 11.5 Å². The first kappa shape index (κ1) is 24.8. The van der Waals surface area contributed by atoms with Crippen molar-refractivity contribution in [2.24, 2.45) is 0 Å². The van der Waals surface area contributed by atoms with E-state index in [9.17, 15) is 9.59 Å². The van der Waals surface area contributed by atoms with E-state index in [0.29, 0.717) is 32.8 Å². The maximum Gasteiger partial charge on any atom is 0.407 e. The Morgan fingerprint density at radius 2 is 1.74 bits per heavy atom. The van der Waals surface area contributed by atoms with Gasteiger partial charge in [0.05, 0.1) is 19.7 Å². The van der Waals surface area contributed by atoms with Crippen molar-refractivity contribution in [3.63, 3.8) is 0 Å². The Bertz CT molecular complexity index is 687. The molecule has 0 saturated carbocycles. The van der Waals surface area contributed by atoms with Gasteiger partial charge in [-0.25, -0.2) is 4.79 Å². The lowest BCUT2D eigenvalue weighted by atomic mass is 10.0. The number of amides is 2. The van der Waals surface area contributed by atoms with E-state index in [2.05, 4.69) is 15.5 Å². The highest BCUT2D eigenvalue weighted by Crippen LogP contribution is 2.18. The van der Waals surface area contributed by atoms with Gasteiger partial charge in [-0.15, -0.1) is 0 Å². The fraction of sp³-hybridized carbons (Fsp3) is 0.652. The standard InChI is InChI=1S/C23H37N3O5/c1-5-29-19-9-11-20(12-10-19)30-15-13-24-21(27)17-26-14-7-6-8-18(26)16-25-22(28)31-23(2,3)4/h9-12,18H,5-8,13-17H2,1-4H3,(H,24,27)(H,25,28)/t18-/m0/s1. The summed E-state index contributed by atoms with van der Waals surface area (Å²) in [5.41, 5.74) is -0.524. The normalized spacial score (nSPS) is 17.0. The first-order chi connectivity index (χ1) is 14.8. The molecule has 0 radical (unpaired) electrons. The van der Waals surface area contributed by atoms with Crippen LogP contribution in [-0.2, 0) is 9.53 Å². The van der Waals surface area contributed by atoms with Crippen molar-refractivity contribution in [2.45, 2.75) is 58.6 Å². The molecule has 0 aromatic heterocycles. The molecule has 0 aliphatic carbocycles. The number of nitrogens with one attached hydrogen (secondary N) is 2. The summed E-state index contributed by atoms with van der Waals surface area (Å²) in [6.45, 7) is 10.5. The molecule has 8 heteroatoms. The lowest BCUT2D eigenvalue weighted by Crippen LogP contribution is -2.50. The van der Waals surface area contributed by atoms with Crippen LogP contribution in [0.3, 0.4) is 0 Å². The van der Waals surface area contributed by atoms with Gasteiger partial charge in [0.25, 0.3) is 0 Å². The Kier molecular flexibility index (Phi) is 9.91. The van der Waals surface area contributed by atoms with E-state index in [1.165, 1.54) is 0 Å². The van der Waals surface area contributed by atoms with Crippen LogP contribution in [0.15, 0.2) is 24.3 Å². The predicted octanol–water partition coefficient (Wildman–Crippen LogP) is 2.96. The highest BCUT2D eigenvalue weighted by atomic mass is 16.6. The number of rotatable bonds is 10. The zero-order valence-electron chi connectivity index (χ0n) is 19.2. The van der Waals surface area contributed by atoms with E-state index in [-0.39, 0.29) is 11.9 Å². The molecule has 31 heavy (non-hydrogen) atoms. The van der Waals surface area contributed by atoms with Crippen LogP contribution in [0, 0.1) is 0 Å². The predicted molar refractivity (Wildman–Crippen MR) is 120 cm³/mol. The van der Waals surface area contributed by atoms with Gasteiger partial charge >= 0.3 is 6.09 Å². The number of carbonyl (C=O) groups is 2. The zero-order chi connectivity index (χ0) is 22.7. The average Bonchev–Trinajstić information content (AvgIpc) is 2.71. The van der Waals surface area contributed by atoms with E-state index >= 15 is 0 Å². The molecule has 1 aromatic rings. The van der Waals surface area contributed by atoms with Crippen molar-refractivity contribution in [1.82, 2.24) is 15.5 Å². The third-order valence-electron chi connectivity index (χ3n) is 4.80. The van der Waals surface area contributed by atoms with Crippen LogP contribution in [0.25, 0.3) is 0 Å². The Hall–Kier alpha value is -2.48. The first-order valence-electron chi connectivity index (χ1n) is 11.1. The fourth-order valence-electron chi connectivity index (χ4n) is 3.41. The number of alkyl carbamates (subject to hydrolysis) is 1. The second-order valence-electron chi connectivity index (χ2n) is 8.61. The third-order valence-corrected chi connectivity index (χ3v) is 4.80. The minimum Gasteiger partial charge on any atom is -0.494 e. The van der Waals surface area contributed by atoms with Crippen LogP contribution < -0.4 is 20.1 Å². The number of benzene rings is 1. The molecule has 0 bridgehead atoms. The zero-order valence-corrected chi connectivity index (χ0v) is 19.2. The Morgan fingerprint density at radius 3 is 2.39 bits per heavy atom. The van der Waals surface area contributed by atoms with Gasteiger partial charge < -0.3 is 24.8 Å². The molecule has 0 spiro atoms. The molecule has 2 rings (SSSR count). The monoisotopic (exact) mass is 435 g/mol. The molecular weight excluding hydrogens is 398 g/mol. The van der Waals surface area contributed by atoms with Crippen LogP contribution in [0.1, 0.15) is 47.0 Å². The van der Waals surface area contributed by atoms with E-state index < -0.39 is 11.7 Å². The number of ether oxygens (including phenoxy) is 3. The van der Waals surface area contributed by atoms with E-state index in [0.717, 1.165) is 37.3 Å². The van der Waals surface area contributed by atoms with Gasteiger partial charge in [0.2, 0.25) is 5.91 Å². The minimum atomic E-state index is -0.524. The number of likely N-dealkylation sites (tertiary alicyclic amines) is 1. The summed E-state index contributed by atoms with van der Waals surface area (Å²) >= 11 is 0. The molecule has 8 nitrogen and oxygen atoms in total. The molecule has 1 heterocycles. The SMILES string of the molecule is CCOc1ccc(OCCNC(=O)CN2CCCC[C@H]2CNC(=O)OC(C)(C)C)cc1.